The minimum atomic E-state index is -1.24. The molecule has 1 fully saturated rings. The topological polar surface area (TPSA) is 136 Å². The second-order valence-electron chi connectivity index (χ2n) is 7.75. The van der Waals surface area contributed by atoms with Gasteiger partial charge in [0.2, 0.25) is 12.2 Å². The fourth-order valence-electron chi connectivity index (χ4n) is 3.59. The molecule has 1 amide bonds. The Balaban J connectivity index is 2.51. The number of methoxy groups -OCH3 is 1. The largest absolute Gasteiger partial charge is 0.493 e. The van der Waals surface area contributed by atoms with E-state index in [9.17, 15) is 19.2 Å². The van der Waals surface area contributed by atoms with Crippen LogP contribution in [0, 0.1) is 0 Å². The molecule has 0 saturated carbocycles. The number of ether oxygens (including phenoxy) is 6. The lowest BCUT2D eigenvalue weighted by molar-refractivity contribution is -0.257. The molecule has 1 aromatic carbocycles. The first-order chi connectivity index (χ1) is 16.5. The van der Waals surface area contributed by atoms with Gasteiger partial charge in [0.15, 0.2) is 23.7 Å². The maximum absolute atomic E-state index is 12.0. The molecule has 1 aromatic rings. The molecule has 1 saturated heterocycles. The van der Waals surface area contributed by atoms with E-state index in [1.807, 2.05) is 19.1 Å². The van der Waals surface area contributed by atoms with Crippen molar-refractivity contribution in [1.29, 1.82) is 0 Å². The second kappa shape index (κ2) is 12.7. The Morgan fingerprint density at radius 2 is 1.63 bits per heavy atom. The van der Waals surface area contributed by atoms with Crippen LogP contribution < -0.4 is 14.8 Å². The Hall–Kier alpha value is -3.60. The predicted molar refractivity (Wildman–Crippen MR) is 122 cm³/mol. The Bertz CT molecular complexity index is 960. The van der Waals surface area contributed by atoms with Crippen molar-refractivity contribution in [2.24, 2.45) is 0 Å². The zero-order chi connectivity index (χ0) is 26.1. The first kappa shape index (κ1) is 27.6. The Kier molecular flexibility index (Phi) is 10.1. The summed E-state index contributed by atoms with van der Waals surface area (Å²) >= 11 is 0. The number of hydrogen-bond donors (Lipinski definition) is 1. The Morgan fingerprint density at radius 1 is 0.971 bits per heavy atom. The zero-order valence-electron chi connectivity index (χ0n) is 20.6. The number of nitrogens with one attached hydrogen (secondary N) is 1. The van der Waals surface area contributed by atoms with Crippen LogP contribution in [0.3, 0.4) is 0 Å². The molecule has 2 rings (SSSR count). The van der Waals surface area contributed by atoms with E-state index in [1.54, 1.807) is 18.2 Å². The highest BCUT2D eigenvalue weighted by molar-refractivity contribution is 5.73. The molecule has 1 heterocycles. The smallest absolute Gasteiger partial charge is 0.303 e. The summed E-state index contributed by atoms with van der Waals surface area (Å²) in [4.78, 5) is 47.3. The minimum absolute atomic E-state index is 0.278. The van der Waals surface area contributed by atoms with Gasteiger partial charge in [-0.25, -0.2) is 0 Å². The summed E-state index contributed by atoms with van der Waals surface area (Å²) in [7, 11) is 1.47. The van der Waals surface area contributed by atoms with Crippen LogP contribution in [0.2, 0.25) is 0 Å². The maximum atomic E-state index is 12.0. The summed E-state index contributed by atoms with van der Waals surface area (Å²) in [6.45, 7) is 6.36. The molecule has 1 N–H and O–H groups in total. The Morgan fingerprint density at radius 3 is 2.17 bits per heavy atom. The normalized spacial score (nSPS) is 23.8. The van der Waals surface area contributed by atoms with Crippen molar-refractivity contribution < 1.29 is 47.6 Å². The molecule has 5 atom stereocenters. The molecule has 0 spiro atoms. The number of amides is 1. The van der Waals surface area contributed by atoms with Gasteiger partial charge in [0.05, 0.1) is 7.11 Å². The van der Waals surface area contributed by atoms with Crippen LogP contribution in [0.15, 0.2) is 24.3 Å². The summed E-state index contributed by atoms with van der Waals surface area (Å²) in [5.41, 5.74) is 0.861. The van der Waals surface area contributed by atoms with Gasteiger partial charge in [0.25, 0.3) is 0 Å². The average molecular weight is 494 g/mol. The van der Waals surface area contributed by atoms with Gasteiger partial charge in [-0.3, -0.25) is 19.2 Å². The van der Waals surface area contributed by atoms with E-state index >= 15 is 0 Å². The van der Waals surface area contributed by atoms with Crippen molar-refractivity contribution in [2.45, 2.75) is 65.3 Å². The quantitative estimate of drug-likeness (QED) is 0.400. The minimum Gasteiger partial charge on any atom is -0.493 e. The van der Waals surface area contributed by atoms with Crippen LogP contribution in [0.25, 0.3) is 6.08 Å². The lowest BCUT2D eigenvalue weighted by Gasteiger charge is -2.44. The number of rotatable bonds is 9. The standard InChI is InChI=1S/C24H31NO10/c1-7-8-17-9-10-18(19(11-17)30-6)34-24-21(25-13(2)26)23(33-16(5)29)22(32-15(4)28)20(35-24)12-31-14(3)27/h7-11,20-24H,12H2,1-6H3,(H,25,26)/b8-7+/t20-,21-,22+,23+,24-/m1/s1. The van der Waals surface area contributed by atoms with E-state index in [2.05, 4.69) is 5.32 Å². The van der Waals surface area contributed by atoms with Crippen molar-refractivity contribution in [3.8, 4) is 11.5 Å². The summed E-state index contributed by atoms with van der Waals surface area (Å²) in [5, 5.41) is 2.65. The van der Waals surface area contributed by atoms with Gasteiger partial charge in [0.1, 0.15) is 18.8 Å². The molecular formula is C24H31NO10. The van der Waals surface area contributed by atoms with E-state index in [1.165, 1.54) is 34.8 Å². The van der Waals surface area contributed by atoms with Gasteiger partial charge in [-0.05, 0) is 24.6 Å². The lowest BCUT2D eigenvalue weighted by atomic mass is 9.96. The highest BCUT2D eigenvalue weighted by atomic mass is 16.7. The molecule has 192 valence electrons. The van der Waals surface area contributed by atoms with Gasteiger partial charge in [-0.15, -0.1) is 0 Å². The van der Waals surface area contributed by atoms with Gasteiger partial charge in [-0.2, -0.15) is 0 Å². The third-order valence-corrected chi connectivity index (χ3v) is 4.86. The van der Waals surface area contributed by atoms with Crippen LogP contribution in [0.4, 0.5) is 0 Å². The first-order valence-corrected chi connectivity index (χ1v) is 10.9. The van der Waals surface area contributed by atoms with Crippen LogP contribution in [0.5, 0.6) is 11.5 Å². The molecule has 11 nitrogen and oxygen atoms in total. The van der Waals surface area contributed by atoms with Gasteiger partial charge in [-0.1, -0.05) is 18.2 Å². The SMILES string of the molecule is C/C=C/c1ccc(O[C@@H]2O[C@H](COC(C)=O)[C@H](OC(C)=O)[C@@H](OC(C)=O)[C@H]2NC(C)=O)c(OC)c1. The molecule has 0 bridgehead atoms. The van der Waals surface area contributed by atoms with Crippen molar-refractivity contribution in [3.05, 3.63) is 29.8 Å². The summed E-state index contributed by atoms with van der Waals surface area (Å²) < 4.78 is 33.4. The van der Waals surface area contributed by atoms with Crippen molar-refractivity contribution >= 4 is 29.9 Å². The van der Waals surface area contributed by atoms with Crippen molar-refractivity contribution in [2.75, 3.05) is 13.7 Å². The van der Waals surface area contributed by atoms with Gasteiger partial charge >= 0.3 is 17.9 Å². The summed E-state index contributed by atoms with van der Waals surface area (Å²) in [6.07, 6.45) is -0.990. The first-order valence-electron chi connectivity index (χ1n) is 10.9. The lowest BCUT2D eigenvalue weighted by Crippen LogP contribution is -2.67. The number of allylic oxidation sites excluding steroid dienone is 1. The summed E-state index contributed by atoms with van der Waals surface area (Å²) in [5.74, 6) is -1.79. The van der Waals surface area contributed by atoms with E-state index in [0.717, 1.165) is 5.56 Å². The molecule has 35 heavy (non-hydrogen) atoms. The van der Waals surface area contributed by atoms with Crippen LogP contribution in [-0.2, 0) is 38.1 Å². The number of benzene rings is 1. The van der Waals surface area contributed by atoms with Crippen LogP contribution in [0.1, 0.15) is 40.2 Å². The van der Waals surface area contributed by atoms with Gasteiger partial charge < -0.3 is 33.7 Å². The number of hydrogen-bond acceptors (Lipinski definition) is 10. The number of carbonyl (C=O) groups excluding carboxylic acids is 4. The monoisotopic (exact) mass is 493 g/mol. The molecule has 11 heteroatoms. The van der Waals surface area contributed by atoms with Gasteiger partial charge in [0, 0.05) is 27.7 Å². The predicted octanol–water partition coefficient (Wildman–Crippen LogP) is 1.76. The van der Waals surface area contributed by atoms with Crippen molar-refractivity contribution in [3.63, 3.8) is 0 Å². The average Bonchev–Trinajstić information content (AvgIpc) is 2.76. The van der Waals surface area contributed by atoms with Crippen LogP contribution >= 0.6 is 0 Å². The molecule has 1 aliphatic heterocycles. The third-order valence-electron chi connectivity index (χ3n) is 4.86. The highest BCUT2D eigenvalue weighted by Crippen LogP contribution is 2.34. The molecule has 0 unspecified atom stereocenters. The maximum Gasteiger partial charge on any atom is 0.303 e. The zero-order valence-corrected chi connectivity index (χ0v) is 20.6. The van der Waals surface area contributed by atoms with E-state index < -0.39 is 54.5 Å². The van der Waals surface area contributed by atoms with E-state index in [0.29, 0.717) is 5.75 Å². The number of esters is 3. The molecule has 0 aliphatic carbocycles. The molecule has 0 aromatic heterocycles. The molecule has 1 aliphatic rings. The van der Waals surface area contributed by atoms with E-state index in [4.69, 9.17) is 28.4 Å². The van der Waals surface area contributed by atoms with Crippen molar-refractivity contribution in [1.82, 2.24) is 5.32 Å². The van der Waals surface area contributed by atoms with Crippen LogP contribution in [-0.4, -0.2) is 68.2 Å². The fraction of sp³-hybridized carbons (Fsp3) is 0.500. The second-order valence-corrected chi connectivity index (χ2v) is 7.75. The highest BCUT2D eigenvalue weighted by Gasteiger charge is 2.52. The molecule has 0 radical (unpaired) electrons. The third kappa shape index (κ3) is 7.99. The summed E-state index contributed by atoms with van der Waals surface area (Å²) in [6, 6.07) is 4.10. The Labute approximate surface area is 203 Å². The fourth-order valence-corrected chi connectivity index (χ4v) is 3.59. The number of carbonyl (C=O) groups is 4. The van der Waals surface area contributed by atoms with E-state index in [-0.39, 0.29) is 12.4 Å². The molecular weight excluding hydrogens is 462 g/mol.